The number of aliphatic hydroxyl groups is 1. The van der Waals surface area contributed by atoms with Gasteiger partial charge in [-0.1, -0.05) is 11.6 Å². The molecule has 5 heteroatoms. The molecule has 3 rings (SSSR count). The van der Waals surface area contributed by atoms with Crippen molar-refractivity contribution < 1.29 is 14.6 Å². The number of carbonyl (C=O) groups excluding carboxylic acids is 1. The van der Waals surface area contributed by atoms with Crippen LogP contribution in [-0.4, -0.2) is 23.7 Å². The van der Waals surface area contributed by atoms with E-state index in [9.17, 15) is 9.90 Å². The van der Waals surface area contributed by atoms with E-state index in [1.54, 1.807) is 6.07 Å². The van der Waals surface area contributed by atoms with Crippen LogP contribution < -0.4 is 5.32 Å². The number of halogens is 1. The van der Waals surface area contributed by atoms with Crippen LogP contribution in [0.15, 0.2) is 12.1 Å². The molecule has 2 aliphatic rings. The molecule has 0 radical (unpaired) electrons. The molecule has 0 saturated carbocycles. The summed E-state index contributed by atoms with van der Waals surface area (Å²) in [6.07, 6.45) is 1.96. The summed E-state index contributed by atoms with van der Waals surface area (Å²) in [5.74, 6) is -0.0180. The van der Waals surface area contributed by atoms with E-state index >= 15 is 0 Å². The predicted octanol–water partition coefficient (Wildman–Crippen LogP) is 2.44. The molecule has 1 saturated heterocycles. The molecule has 102 valence electrons. The van der Waals surface area contributed by atoms with E-state index in [-0.39, 0.29) is 12.0 Å². The Hall–Kier alpha value is -1.10. The van der Waals surface area contributed by atoms with Crippen LogP contribution in [0.1, 0.15) is 36.5 Å². The van der Waals surface area contributed by atoms with E-state index < -0.39 is 6.10 Å². The molecule has 1 fully saturated rings. The molecule has 1 aromatic carbocycles. The Labute approximate surface area is 116 Å². The zero-order valence-corrected chi connectivity index (χ0v) is 11.2. The number of amides is 1. The average molecular weight is 282 g/mol. The number of fused-ring (bicyclic) bond motifs is 1. The standard InChI is InChI=1S/C14H16ClNO3/c15-9-6-8-3-4-12(17)16-13(8)10(7-9)14(18)11-2-1-5-19-11/h6-7,11,14,18H,1-5H2,(H,16,17). The van der Waals surface area contributed by atoms with Gasteiger partial charge < -0.3 is 15.2 Å². The highest BCUT2D eigenvalue weighted by molar-refractivity contribution is 6.31. The lowest BCUT2D eigenvalue weighted by molar-refractivity contribution is -0.116. The number of aryl methyl sites for hydroxylation is 1. The monoisotopic (exact) mass is 281 g/mol. The predicted molar refractivity (Wildman–Crippen MR) is 72.3 cm³/mol. The molecule has 0 bridgehead atoms. The van der Waals surface area contributed by atoms with Crippen molar-refractivity contribution in [2.24, 2.45) is 0 Å². The van der Waals surface area contributed by atoms with Crippen LogP contribution in [0, 0.1) is 0 Å². The van der Waals surface area contributed by atoms with Crippen molar-refractivity contribution >= 4 is 23.2 Å². The lowest BCUT2D eigenvalue weighted by Crippen LogP contribution is -2.24. The molecule has 2 N–H and O–H groups in total. The number of hydrogen-bond acceptors (Lipinski definition) is 3. The summed E-state index contributed by atoms with van der Waals surface area (Å²) in [4.78, 5) is 11.5. The van der Waals surface area contributed by atoms with Gasteiger partial charge in [0.1, 0.15) is 6.10 Å². The molecular formula is C14H16ClNO3. The summed E-state index contributed by atoms with van der Waals surface area (Å²) >= 11 is 6.10. The maximum atomic E-state index is 11.5. The molecule has 2 aliphatic heterocycles. The second-order valence-electron chi connectivity index (χ2n) is 5.07. The second kappa shape index (κ2) is 5.12. The zero-order valence-electron chi connectivity index (χ0n) is 10.5. The van der Waals surface area contributed by atoms with Crippen LogP contribution >= 0.6 is 11.6 Å². The first-order chi connectivity index (χ1) is 9.15. The van der Waals surface area contributed by atoms with Crippen LogP contribution in [0.4, 0.5) is 5.69 Å². The Bertz CT molecular complexity index is 512. The van der Waals surface area contributed by atoms with Crippen LogP contribution in [0.25, 0.3) is 0 Å². The fourth-order valence-corrected chi connectivity index (χ4v) is 3.02. The number of rotatable bonds is 2. The quantitative estimate of drug-likeness (QED) is 0.875. The van der Waals surface area contributed by atoms with E-state index in [0.29, 0.717) is 35.7 Å². The fourth-order valence-electron chi connectivity index (χ4n) is 2.77. The molecule has 2 heterocycles. The minimum atomic E-state index is -0.742. The highest BCUT2D eigenvalue weighted by Gasteiger charge is 2.30. The van der Waals surface area contributed by atoms with Crippen molar-refractivity contribution in [3.05, 3.63) is 28.3 Å². The minimum Gasteiger partial charge on any atom is -0.386 e. The van der Waals surface area contributed by atoms with Gasteiger partial charge >= 0.3 is 0 Å². The van der Waals surface area contributed by atoms with Crippen LogP contribution in [-0.2, 0) is 16.0 Å². The first kappa shape index (κ1) is 12.9. The Morgan fingerprint density at radius 1 is 1.42 bits per heavy atom. The number of nitrogens with one attached hydrogen (secondary N) is 1. The molecule has 0 aromatic heterocycles. The minimum absolute atomic E-state index is 0.0180. The van der Waals surface area contributed by atoms with Gasteiger partial charge in [-0.25, -0.2) is 0 Å². The van der Waals surface area contributed by atoms with Gasteiger partial charge in [-0.2, -0.15) is 0 Å². The third-order valence-corrected chi connectivity index (χ3v) is 3.96. The van der Waals surface area contributed by atoms with Crippen molar-refractivity contribution in [3.8, 4) is 0 Å². The number of carbonyl (C=O) groups is 1. The van der Waals surface area contributed by atoms with E-state index in [2.05, 4.69) is 5.32 Å². The van der Waals surface area contributed by atoms with Gasteiger partial charge in [-0.05, 0) is 37.0 Å². The summed E-state index contributed by atoms with van der Waals surface area (Å²) in [6.45, 7) is 0.677. The molecular weight excluding hydrogens is 266 g/mol. The van der Waals surface area contributed by atoms with Gasteiger partial charge in [-0.15, -0.1) is 0 Å². The zero-order chi connectivity index (χ0) is 13.4. The van der Waals surface area contributed by atoms with E-state index in [4.69, 9.17) is 16.3 Å². The number of benzene rings is 1. The van der Waals surface area contributed by atoms with Crippen LogP contribution in [0.2, 0.25) is 5.02 Å². The number of hydrogen-bond donors (Lipinski definition) is 2. The summed E-state index contributed by atoms with van der Waals surface area (Å²) in [5.41, 5.74) is 2.37. The Balaban J connectivity index is 1.99. The summed E-state index contributed by atoms with van der Waals surface area (Å²) in [7, 11) is 0. The smallest absolute Gasteiger partial charge is 0.224 e. The number of anilines is 1. The third-order valence-electron chi connectivity index (χ3n) is 3.74. The molecule has 2 atom stereocenters. The second-order valence-corrected chi connectivity index (χ2v) is 5.51. The van der Waals surface area contributed by atoms with Gasteiger partial charge in [0, 0.05) is 29.3 Å². The fraction of sp³-hybridized carbons (Fsp3) is 0.500. The topological polar surface area (TPSA) is 58.6 Å². The lowest BCUT2D eigenvalue weighted by Gasteiger charge is -2.25. The van der Waals surface area contributed by atoms with Crippen molar-refractivity contribution in [3.63, 3.8) is 0 Å². The maximum Gasteiger partial charge on any atom is 0.224 e. The van der Waals surface area contributed by atoms with Gasteiger partial charge in [0.2, 0.25) is 5.91 Å². The van der Waals surface area contributed by atoms with E-state index in [1.807, 2.05) is 6.07 Å². The largest absolute Gasteiger partial charge is 0.386 e. The van der Waals surface area contributed by atoms with E-state index in [0.717, 1.165) is 18.4 Å². The van der Waals surface area contributed by atoms with E-state index in [1.165, 1.54) is 0 Å². The molecule has 1 aromatic rings. The van der Waals surface area contributed by atoms with Gasteiger partial charge in [0.15, 0.2) is 0 Å². The first-order valence-corrected chi connectivity index (χ1v) is 6.95. The normalized spacial score (nSPS) is 23.9. The van der Waals surface area contributed by atoms with Crippen molar-refractivity contribution in [2.45, 2.75) is 37.9 Å². The first-order valence-electron chi connectivity index (χ1n) is 6.57. The summed E-state index contributed by atoms with van der Waals surface area (Å²) in [6, 6.07) is 3.57. The van der Waals surface area contributed by atoms with Gasteiger partial charge in [0.05, 0.1) is 6.10 Å². The molecule has 0 aliphatic carbocycles. The average Bonchev–Trinajstić information content (AvgIpc) is 2.91. The highest BCUT2D eigenvalue weighted by Crippen LogP contribution is 2.37. The summed E-state index contributed by atoms with van der Waals surface area (Å²) in [5, 5.41) is 13.9. The van der Waals surface area contributed by atoms with Crippen molar-refractivity contribution in [2.75, 3.05) is 11.9 Å². The molecule has 0 spiro atoms. The molecule has 2 unspecified atom stereocenters. The van der Waals surface area contributed by atoms with Crippen molar-refractivity contribution in [1.29, 1.82) is 0 Å². The van der Waals surface area contributed by atoms with Crippen LogP contribution in [0.3, 0.4) is 0 Å². The van der Waals surface area contributed by atoms with Crippen LogP contribution in [0.5, 0.6) is 0 Å². The van der Waals surface area contributed by atoms with Gasteiger partial charge in [-0.3, -0.25) is 4.79 Å². The third kappa shape index (κ3) is 2.48. The Kier molecular flexibility index (Phi) is 3.48. The molecule has 4 nitrogen and oxygen atoms in total. The highest BCUT2D eigenvalue weighted by atomic mass is 35.5. The maximum absolute atomic E-state index is 11.5. The molecule has 19 heavy (non-hydrogen) atoms. The van der Waals surface area contributed by atoms with Crippen molar-refractivity contribution in [1.82, 2.24) is 0 Å². The van der Waals surface area contributed by atoms with Gasteiger partial charge in [0.25, 0.3) is 0 Å². The Morgan fingerprint density at radius 3 is 3.00 bits per heavy atom. The summed E-state index contributed by atoms with van der Waals surface area (Å²) < 4.78 is 5.52. The number of ether oxygens (including phenoxy) is 1. The lowest BCUT2D eigenvalue weighted by atomic mass is 9.93. The number of aliphatic hydroxyl groups excluding tert-OH is 1. The SMILES string of the molecule is O=C1CCc2cc(Cl)cc(C(O)C3CCCO3)c2N1. The molecule has 1 amide bonds. The Morgan fingerprint density at radius 2 is 2.26 bits per heavy atom.